The van der Waals surface area contributed by atoms with E-state index in [1.165, 1.54) is 6.07 Å². The number of aromatic nitrogens is 2. The molecule has 3 aromatic rings. The van der Waals surface area contributed by atoms with Gasteiger partial charge in [0.1, 0.15) is 5.82 Å². The Balaban J connectivity index is 1.72. The van der Waals surface area contributed by atoms with Crippen molar-refractivity contribution in [1.29, 1.82) is 0 Å². The van der Waals surface area contributed by atoms with Gasteiger partial charge in [-0.1, -0.05) is 6.07 Å². The molecule has 1 aliphatic carbocycles. The third-order valence-electron chi connectivity index (χ3n) is 3.80. The lowest BCUT2D eigenvalue weighted by Gasteiger charge is -2.05. The maximum Gasteiger partial charge on any atom is 0.254 e. The Morgan fingerprint density at radius 2 is 2.22 bits per heavy atom. The fourth-order valence-corrected chi connectivity index (χ4v) is 3.05. The van der Waals surface area contributed by atoms with Crippen LogP contribution in [-0.2, 0) is 0 Å². The van der Waals surface area contributed by atoms with Crippen LogP contribution in [0.3, 0.4) is 0 Å². The molecule has 1 aliphatic rings. The van der Waals surface area contributed by atoms with E-state index in [1.807, 2.05) is 23.6 Å². The van der Waals surface area contributed by atoms with Gasteiger partial charge in [-0.2, -0.15) is 5.10 Å². The van der Waals surface area contributed by atoms with Crippen molar-refractivity contribution in [2.45, 2.75) is 18.9 Å². The number of hydrogen-bond acceptors (Lipinski definition) is 3. The van der Waals surface area contributed by atoms with Crippen LogP contribution in [-0.4, -0.2) is 22.1 Å². The van der Waals surface area contributed by atoms with Crippen molar-refractivity contribution in [1.82, 2.24) is 15.5 Å². The third kappa shape index (κ3) is 2.77. The molecule has 0 aliphatic heterocycles. The van der Waals surface area contributed by atoms with Crippen molar-refractivity contribution in [2.24, 2.45) is 0 Å². The zero-order valence-electron chi connectivity index (χ0n) is 12.2. The van der Waals surface area contributed by atoms with Crippen molar-refractivity contribution in [3.8, 4) is 0 Å². The second-order valence-corrected chi connectivity index (χ2v) is 6.53. The van der Waals surface area contributed by atoms with Gasteiger partial charge in [0.25, 0.3) is 5.91 Å². The summed E-state index contributed by atoms with van der Waals surface area (Å²) in [5, 5.41) is 12.1. The lowest BCUT2D eigenvalue weighted by molar-refractivity contribution is 0.0947. The molecule has 0 unspecified atom stereocenters. The molecular formula is C17H14FN3OS. The minimum Gasteiger partial charge on any atom is -0.349 e. The molecule has 4 nitrogen and oxygen atoms in total. The third-order valence-corrected chi connectivity index (χ3v) is 4.64. The number of fused-ring (bicyclic) bond motifs is 1. The molecule has 2 N–H and O–H groups in total. The summed E-state index contributed by atoms with van der Waals surface area (Å²) in [4.78, 5) is 13.2. The summed E-state index contributed by atoms with van der Waals surface area (Å²) in [5.74, 6) is -0.887. The number of amides is 1. The van der Waals surface area contributed by atoms with E-state index in [1.54, 1.807) is 23.5 Å². The fraction of sp³-hybridized carbons (Fsp3) is 0.176. The second-order valence-electron chi connectivity index (χ2n) is 5.56. The Labute approximate surface area is 136 Å². The van der Waals surface area contributed by atoms with E-state index in [9.17, 15) is 9.18 Å². The number of carbonyl (C=O) groups is 1. The van der Waals surface area contributed by atoms with Gasteiger partial charge in [-0.05, 0) is 48.6 Å². The van der Waals surface area contributed by atoms with Crippen LogP contribution >= 0.6 is 11.3 Å². The largest absolute Gasteiger partial charge is 0.349 e. The topological polar surface area (TPSA) is 57.8 Å². The number of nitrogens with one attached hydrogen (secondary N) is 2. The zero-order chi connectivity index (χ0) is 15.8. The molecule has 0 atom stereocenters. The smallest absolute Gasteiger partial charge is 0.254 e. The van der Waals surface area contributed by atoms with Gasteiger partial charge in [0.05, 0.1) is 22.2 Å². The van der Waals surface area contributed by atoms with Gasteiger partial charge in [0.15, 0.2) is 0 Å². The van der Waals surface area contributed by atoms with E-state index in [0.717, 1.165) is 17.7 Å². The van der Waals surface area contributed by atoms with Crippen molar-refractivity contribution in [2.75, 3.05) is 0 Å². The molecule has 2 aromatic heterocycles. The van der Waals surface area contributed by atoms with Gasteiger partial charge in [-0.3, -0.25) is 9.89 Å². The van der Waals surface area contributed by atoms with Crippen molar-refractivity contribution < 1.29 is 9.18 Å². The van der Waals surface area contributed by atoms with E-state index in [4.69, 9.17) is 0 Å². The Hall–Kier alpha value is -2.47. The van der Waals surface area contributed by atoms with Crippen LogP contribution < -0.4 is 5.32 Å². The van der Waals surface area contributed by atoms with Crippen LogP contribution in [0.1, 0.15) is 33.8 Å². The first kappa shape index (κ1) is 14.1. The first-order valence-corrected chi connectivity index (χ1v) is 8.29. The molecule has 4 rings (SSSR count). The number of halogens is 1. The average Bonchev–Trinajstić information content (AvgIpc) is 3.04. The molecule has 1 fully saturated rings. The molecule has 1 amide bonds. The maximum atomic E-state index is 14.8. The van der Waals surface area contributed by atoms with Crippen LogP contribution in [0.25, 0.3) is 23.1 Å². The summed E-state index contributed by atoms with van der Waals surface area (Å²) >= 11 is 1.59. The van der Waals surface area contributed by atoms with Crippen molar-refractivity contribution in [3.05, 3.63) is 51.6 Å². The predicted molar refractivity (Wildman–Crippen MR) is 89.8 cm³/mol. The Bertz CT molecular complexity index is 894. The highest BCUT2D eigenvalue weighted by Crippen LogP contribution is 2.26. The van der Waals surface area contributed by atoms with Gasteiger partial charge in [0.2, 0.25) is 0 Å². The molecule has 1 saturated carbocycles. The van der Waals surface area contributed by atoms with Crippen LogP contribution in [0, 0.1) is 5.82 Å². The number of thiophene rings is 1. The highest BCUT2D eigenvalue weighted by molar-refractivity contribution is 7.10. The Morgan fingerprint density at radius 1 is 1.35 bits per heavy atom. The molecule has 2 heterocycles. The fourth-order valence-electron chi connectivity index (χ4n) is 2.43. The normalized spacial score (nSPS) is 14.7. The summed E-state index contributed by atoms with van der Waals surface area (Å²) in [6.07, 6.45) is 5.58. The second kappa shape index (κ2) is 5.62. The van der Waals surface area contributed by atoms with E-state index >= 15 is 0 Å². The summed E-state index contributed by atoms with van der Waals surface area (Å²) < 4.78 is 14.8. The quantitative estimate of drug-likeness (QED) is 0.765. The first-order valence-electron chi connectivity index (χ1n) is 7.41. The molecule has 23 heavy (non-hydrogen) atoms. The van der Waals surface area contributed by atoms with E-state index in [2.05, 4.69) is 15.5 Å². The molecular weight excluding hydrogens is 313 g/mol. The number of aromatic amines is 1. The van der Waals surface area contributed by atoms with E-state index < -0.39 is 5.82 Å². The monoisotopic (exact) mass is 327 g/mol. The number of hydrogen-bond donors (Lipinski definition) is 2. The van der Waals surface area contributed by atoms with Crippen LogP contribution in [0.2, 0.25) is 0 Å². The van der Waals surface area contributed by atoms with Gasteiger partial charge in [-0.15, -0.1) is 11.3 Å². The van der Waals surface area contributed by atoms with Gasteiger partial charge in [-0.25, -0.2) is 4.39 Å². The van der Waals surface area contributed by atoms with Gasteiger partial charge in [0, 0.05) is 10.9 Å². The lowest BCUT2D eigenvalue weighted by atomic mass is 10.1. The van der Waals surface area contributed by atoms with Crippen LogP contribution in [0.4, 0.5) is 4.39 Å². The summed E-state index contributed by atoms with van der Waals surface area (Å²) in [7, 11) is 0. The highest BCUT2D eigenvalue weighted by Gasteiger charge is 2.26. The zero-order valence-corrected chi connectivity index (χ0v) is 13.0. The molecule has 6 heteroatoms. The standard InChI is InChI=1S/C17H14FN3OS/c18-16-12(17(22)19-10-3-4-10)6-8-14-15(16)13(20-21-14)7-5-11-2-1-9-23-11/h1-2,5-10H,3-4H2,(H,19,22)(H,20,21)/b7-5+. The highest BCUT2D eigenvalue weighted by atomic mass is 32.1. The first-order chi connectivity index (χ1) is 11.2. The number of H-pyrrole nitrogens is 1. The number of nitrogens with zero attached hydrogens (tertiary/aromatic N) is 1. The average molecular weight is 327 g/mol. The van der Waals surface area contributed by atoms with Gasteiger partial charge >= 0.3 is 0 Å². The maximum absolute atomic E-state index is 14.8. The van der Waals surface area contributed by atoms with Crippen molar-refractivity contribution >= 4 is 40.3 Å². The Kier molecular flexibility index (Phi) is 3.46. The molecule has 0 radical (unpaired) electrons. The van der Waals surface area contributed by atoms with E-state index in [0.29, 0.717) is 16.6 Å². The van der Waals surface area contributed by atoms with E-state index in [-0.39, 0.29) is 17.5 Å². The number of rotatable bonds is 4. The lowest BCUT2D eigenvalue weighted by Crippen LogP contribution is -2.26. The SMILES string of the molecule is O=C(NC1CC1)c1ccc2[nH]nc(/C=C/c3cccs3)c2c1F. The molecule has 1 aromatic carbocycles. The number of carbonyl (C=O) groups excluding carboxylic acids is 1. The molecule has 0 bridgehead atoms. The minimum absolute atomic E-state index is 0.0663. The van der Waals surface area contributed by atoms with Crippen LogP contribution in [0.15, 0.2) is 29.6 Å². The predicted octanol–water partition coefficient (Wildman–Crippen LogP) is 3.83. The van der Waals surface area contributed by atoms with Crippen LogP contribution in [0.5, 0.6) is 0 Å². The summed E-state index contributed by atoms with van der Waals surface area (Å²) in [6, 6.07) is 7.31. The minimum atomic E-state index is -0.528. The molecule has 0 saturated heterocycles. The molecule has 116 valence electrons. The van der Waals surface area contributed by atoms with Crippen molar-refractivity contribution in [3.63, 3.8) is 0 Å². The number of benzene rings is 1. The molecule has 0 spiro atoms. The Morgan fingerprint density at radius 3 is 2.96 bits per heavy atom. The summed E-state index contributed by atoms with van der Waals surface area (Å²) in [5.41, 5.74) is 1.14. The summed E-state index contributed by atoms with van der Waals surface area (Å²) in [6.45, 7) is 0. The van der Waals surface area contributed by atoms with Gasteiger partial charge < -0.3 is 5.32 Å².